The van der Waals surface area contributed by atoms with Crippen LogP contribution in [0, 0.1) is 7.14 Å². The summed E-state index contributed by atoms with van der Waals surface area (Å²) in [5, 5.41) is 9.03. The average molecular weight is 346 g/mol. The number of hydrogen-bond donors (Lipinski definition) is 1. The van der Waals surface area contributed by atoms with Gasteiger partial charge in [0.2, 0.25) is 0 Å². The summed E-state index contributed by atoms with van der Waals surface area (Å²) in [6.45, 7) is 0. The van der Waals surface area contributed by atoms with E-state index in [2.05, 4.69) is 45.2 Å². The van der Waals surface area contributed by atoms with Crippen LogP contribution in [0.25, 0.3) is 0 Å². The van der Waals surface area contributed by atoms with Gasteiger partial charge in [0.1, 0.15) is 5.75 Å². The molecule has 1 nitrogen and oxygen atoms in total. The van der Waals surface area contributed by atoms with Crippen molar-refractivity contribution in [2.24, 2.45) is 0 Å². The van der Waals surface area contributed by atoms with Crippen LogP contribution >= 0.6 is 45.2 Å². The van der Waals surface area contributed by atoms with Gasteiger partial charge < -0.3 is 5.11 Å². The van der Waals surface area contributed by atoms with Crippen LogP contribution in [-0.2, 0) is 0 Å². The van der Waals surface area contributed by atoms with Crippen molar-refractivity contribution >= 4 is 45.2 Å². The molecule has 0 fully saturated rings. The van der Waals surface area contributed by atoms with E-state index < -0.39 is 0 Å². The van der Waals surface area contributed by atoms with Gasteiger partial charge in [0.25, 0.3) is 0 Å². The third-order valence-corrected chi connectivity index (χ3v) is 2.44. The number of aromatic hydroxyl groups is 1. The van der Waals surface area contributed by atoms with Crippen molar-refractivity contribution in [1.82, 2.24) is 0 Å². The third-order valence-electron chi connectivity index (χ3n) is 0.910. The molecule has 1 rings (SSSR count). The van der Waals surface area contributed by atoms with Crippen LogP contribution in [0.3, 0.4) is 0 Å². The van der Waals surface area contributed by atoms with Crippen LogP contribution in [0.5, 0.6) is 5.75 Å². The SMILES string of the molecule is Oc1ccc(I)cc1I. The predicted octanol–water partition coefficient (Wildman–Crippen LogP) is 2.60. The minimum atomic E-state index is 0.357. The van der Waals surface area contributed by atoms with Gasteiger partial charge in [-0.3, -0.25) is 0 Å². The molecule has 0 radical (unpaired) electrons. The topological polar surface area (TPSA) is 20.2 Å². The van der Waals surface area contributed by atoms with E-state index in [9.17, 15) is 0 Å². The molecule has 0 aromatic heterocycles. The van der Waals surface area contributed by atoms with Crippen molar-refractivity contribution in [3.8, 4) is 5.75 Å². The monoisotopic (exact) mass is 346 g/mol. The van der Waals surface area contributed by atoms with Crippen molar-refractivity contribution in [1.29, 1.82) is 0 Å². The Hall–Kier alpha value is 0.480. The summed E-state index contributed by atoms with van der Waals surface area (Å²) in [5.41, 5.74) is 0. The minimum absolute atomic E-state index is 0.357. The molecule has 0 aliphatic carbocycles. The zero-order valence-electron chi connectivity index (χ0n) is 4.44. The van der Waals surface area contributed by atoms with Gasteiger partial charge in [-0.2, -0.15) is 0 Å². The maximum atomic E-state index is 9.03. The first-order valence-electron chi connectivity index (χ1n) is 2.34. The number of phenolic OH excluding ortho intramolecular Hbond substituents is 1. The Morgan fingerprint density at radius 2 is 1.89 bits per heavy atom. The molecule has 0 unspecified atom stereocenters. The third kappa shape index (κ3) is 1.96. The van der Waals surface area contributed by atoms with Gasteiger partial charge in [0.15, 0.2) is 0 Å². The lowest BCUT2D eigenvalue weighted by atomic mass is 10.3. The number of halogens is 2. The molecule has 0 heterocycles. The normalized spacial score (nSPS) is 9.56. The van der Waals surface area contributed by atoms with Crippen LogP contribution in [0.1, 0.15) is 0 Å². The highest BCUT2D eigenvalue weighted by Crippen LogP contribution is 2.20. The highest BCUT2D eigenvalue weighted by molar-refractivity contribution is 14.1. The maximum Gasteiger partial charge on any atom is 0.128 e. The molecule has 1 aromatic rings. The van der Waals surface area contributed by atoms with Crippen LogP contribution in [0.15, 0.2) is 18.2 Å². The zero-order chi connectivity index (χ0) is 6.85. The molecule has 9 heavy (non-hydrogen) atoms. The first-order valence-corrected chi connectivity index (χ1v) is 4.50. The number of phenols is 1. The quantitative estimate of drug-likeness (QED) is 0.717. The molecule has 0 aliphatic heterocycles. The summed E-state index contributed by atoms with van der Waals surface area (Å²) in [5.74, 6) is 0.357. The Bertz CT molecular complexity index is 222. The Morgan fingerprint density at radius 1 is 1.22 bits per heavy atom. The van der Waals surface area contributed by atoms with Crippen molar-refractivity contribution in [2.45, 2.75) is 0 Å². The second-order valence-electron chi connectivity index (χ2n) is 1.60. The van der Waals surface area contributed by atoms with Crippen LogP contribution in [-0.4, -0.2) is 5.11 Å². The Morgan fingerprint density at radius 3 is 2.33 bits per heavy atom. The second-order valence-corrected chi connectivity index (χ2v) is 4.00. The van der Waals surface area contributed by atoms with Crippen molar-refractivity contribution < 1.29 is 5.11 Å². The fraction of sp³-hybridized carbons (Fsp3) is 0. The highest BCUT2D eigenvalue weighted by Gasteiger charge is 1.94. The van der Waals surface area contributed by atoms with E-state index in [4.69, 9.17) is 5.11 Å². The van der Waals surface area contributed by atoms with E-state index in [1.54, 1.807) is 6.07 Å². The molecule has 0 amide bonds. The maximum absolute atomic E-state index is 9.03. The van der Waals surface area contributed by atoms with Gasteiger partial charge >= 0.3 is 0 Å². The number of hydrogen-bond acceptors (Lipinski definition) is 1. The minimum Gasteiger partial charge on any atom is -0.507 e. The highest BCUT2D eigenvalue weighted by atomic mass is 127. The van der Waals surface area contributed by atoms with E-state index in [0.29, 0.717) is 5.75 Å². The molecule has 0 aliphatic rings. The van der Waals surface area contributed by atoms with Crippen molar-refractivity contribution in [3.63, 3.8) is 0 Å². The van der Waals surface area contributed by atoms with Crippen molar-refractivity contribution in [2.75, 3.05) is 0 Å². The predicted molar refractivity (Wildman–Crippen MR) is 53.5 cm³/mol. The Balaban J connectivity index is 3.17. The molecule has 48 valence electrons. The molecule has 0 bridgehead atoms. The first kappa shape index (κ1) is 7.59. The lowest BCUT2D eigenvalue weighted by Crippen LogP contribution is -1.74. The van der Waals surface area contributed by atoms with E-state index in [0.717, 1.165) is 7.14 Å². The van der Waals surface area contributed by atoms with Crippen LogP contribution in [0.2, 0.25) is 0 Å². The van der Waals surface area contributed by atoms with Gasteiger partial charge in [-0.05, 0) is 63.4 Å². The Labute approximate surface area is 80.7 Å². The second kappa shape index (κ2) is 3.05. The van der Waals surface area contributed by atoms with E-state index >= 15 is 0 Å². The molecule has 1 N–H and O–H groups in total. The standard InChI is InChI=1S/C6H4I2O/c7-4-1-2-6(9)5(8)3-4/h1-3,9H. The molecule has 1 aromatic carbocycles. The van der Waals surface area contributed by atoms with Crippen molar-refractivity contribution in [3.05, 3.63) is 25.3 Å². The van der Waals surface area contributed by atoms with Gasteiger partial charge in [-0.1, -0.05) is 0 Å². The molecule has 0 saturated heterocycles. The van der Waals surface area contributed by atoms with Gasteiger partial charge in [0, 0.05) is 3.57 Å². The average Bonchev–Trinajstić information content (AvgIpc) is 1.80. The zero-order valence-corrected chi connectivity index (χ0v) is 8.75. The summed E-state index contributed by atoms with van der Waals surface area (Å²) in [6, 6.07) is 5.50. The summed E-state index contributed by atoms with van der Waals surface area (Å²) in [4.78, 5) is 0. The summed E-state index contributed by atoms with van der Waals surface area (Å²) >= 11 is 4.30. The lowest BCUT2D eigenvalue weighted by molar-refractivity contribution is 0.471. The van der Waals surface area contributed by atoms with E-state index in [1.165, 1.54) is 0 Å². The molecule has 0 atom stereocenters. The first-order chi connectivity index (χ1) is 4.20. The lowest BCUT2D eigenvalue weighted by Gasteiger charge is -1.94. The molecule has 0 spiro atoms. The summed E-state index contributed by atoms with van der Waals surface area (Å²) in [7, 11) is 0. The largest absolute Gasteiger partial charge is 0.507 e. The fourth-order valence-corrected chi connectivity index (χ4v) is 2.08. The molecule has 3 heteroatoms. The van der Waals surface area contributed by atoms with Gasteiger partial charge in [0.05, 0.1) is 3.57 Å². The molecule has 0 saturated carbocycles. The molecular weight excluding hydrogens is 342 g/mol. The van der Waals surface area contributed by atoms with E-state index in [-0.39, 0.29) is 0 Å². The van der Waals surface area contributed by atoms with Gasteiger partial charge in [-0.15, -0.1) is 0 Å². The Kier molecular flexibility index (Phi) is 2.57. The van der Waals surface area contributed by atoms with Crippen LogP contribution < -0.4 is 0 Å². The van der Waals surface area contributed by atoms with Gasteiger partial charge in [-0.25, -0.2) is 0 Å². The fourth-order valence-electron chi connectivity index (χ4n) is 0.481. The molecular formula is C6H4I2O. The summed E-state index contributed by atoms with van der Waals surface area (Å²) < 4.78 is 2.05. The van der Waals surface area contributed by atoms with Crippen LogP contribution in [0.4, 0.5) is 0 Å². The number of rotatable bonds is 0. The van der Waals surface area contributed by atoms with E-state index in [1.807, 2.05) is 12.1 Å². The smallest absolute Gasteiger partial charge is 0.128 e. The number of benzene rings is 1. The summed E-state index contributed by atoms with van der Waals surface area (Å²) in [6.07, 6.45) is 0.